The van der Waals surface area contributed by atoms with E-state index in [1.165, 1.54) is 6.07 Å². The lowest BCUT2D eigenvalue weighted by Crippen LogP contribution is -2.37. The molecule has 96 valence electrons. The number of aryl methyl sites for hydroxylation is 1. The Balaban J connectivity index is 2.84. The minimum absolute atomic E-state index is 0.0933. The molecule has 0 bridgehead atoms. The first kappa shape index (κ1) is 13.9. The average Bonchev–Trinajstić information content (AvgIpc) is 2.58. The van der Waals surface area contributed by atoms with Crippen LogP contribution in [-0.4, -0.2) is 25.1 Å². The quantitative estimate of drug-likeness (QED) is 0.851. The molecule has 0 aliphatic carbocycles. The summed E-state index contributed by atoms with van der Waals surface area (Å²) in [7, 11) is 0. The van der Waals surface area contributed by atoms with Crippen molar-refractivity contribution in [3.05, 3.63) is 15.8 Å². The first-order chi connectivity index (χ1) is 7.93. The SMILES string of the molecule is Cc1cc(OC(F)F)c(C(=O)N[C@@H](C)CN)s1. The predicted octanol–water partition coefficient (Wildman–Crippen LogP) is 1.73. The number of hydrogen-bond donors (Lipinski definition) is 2. The van der Waals surface area contributed by atoms with Crippen molar-refractivity contribution < 1.29 is 18.3 Å². The van der Waals surface area contributed by atoms with Gasteiger partial charge in [-0.15, -0.1) is 11.3 Å². The number of nitrogens with one attached hydrogen (secondary N) is 1. The van der Waals surface area contributed by atoms with E-state index in [2.05, 4.69) is 10.1 Å². The predicted molar refractivity (Wildman–Crippen MR) is 61.7 cm³/mol. The first-order valence-corrected chi connectivity index (χ1v) is 5.82. The van der Waals surface area contributed by atoms with Gasteiger partial charge >= 0.3 is 6.61 Å². The van der Waals surface area contributed by atoms with Gasteiger partial charge < -0.3 is 15.8 Å². The molecule has 17 heavy (non-hydrogen) atoms. The molecule has 0 aliphatic heterocycles. The summed E-state index contributed by atoms with van der Waals surface area (Å²) in [6, 6.07) is 1.20. The molecule has 0 saturated carbocycles. The van der Waals surface area contributed by atoms with Crippen LogP contribution in [0.5, 0.6) is 5.75 Å². The highest BCUT2D eigenvalue weighted by atomic mass is 32.1. The largest absolute Gasteiger partial charge is 0.433 e. The Kier molecular flexibility index (Phi) is 4.83. The molecule has 7 heteroatoms. The molecule has 3 N–H and O–H groups in total. The fourth-order valence-corrected chi connectivity index (χ4v) is 2.03. The second-order valence-corrected chi connectivity index (χ2v) is 4.80. The van der Waals surface area contributed by atoms with Gasteiger partial charge in [0.05, 0.1) is 0 Å². The van der Waals surface area contributed by atoms with Crippen LogP contribution < -0.4 is 15.8 Å². The lowest BCUT2D eigenvalue weighted by atomic mass is 10.3. The van der Waals surface area contributed by atoms with Crippen LogP contribution in [0.2, 0.25) is 0 Å². The summed E-state index contributed by atoms with van der Waals surface area (Å²) in [5.41, 5.74) is 5.36. The molecule has 0 aromatic carbocycles. The monoisotopic (exact) mass is 264 g/mol. The Hall–Kier alpha value is -1.21. The van der Waals surface area contributed by atoms with E-state index in [4.69, 9.17) is 5.73 Å². The van der Waals surface area contributed by atoms with Crippen molar-refractivity contribution >= 4 is 17.2 Å². The lowest BCUT2D eigenvalue weighted by molar-refractivity contribution is -0.0498. The van der Waals surface area contributed by atoms with E-state index in [9.17, 15) is 13.6 Å². The number of ether oxygens (including phenoxy) is 1. The minimum Gasteiger partial charge on any atom is -0.433 e. The molecule has 1 amide bonds. The van der Waals surface area contributed by atoms with E-state index in [-0.39, 0.29) is 23.2 Å². The number of halogens is 2. The lowest BCUT2D eigenvalue weighted by Gasteiger charge is -2.11. The van der Waals surface area contributed by atoms with Gasteiger partial charge in [-0.05, 0) is 19.9 Å². The van der Waals surface area contributed by atoms with Crippen LogP contribution >= 0.6 is 11.3 Å². The Bertz CT molecular complexity index is 396. The summed E-state index contributed by atoms with van der Waals surface area (Å²) in [5.74, 6) is -0.541. The average molecular weight is 264 g/mol. The van der Waals surface area contributed by atoms with E-state index >= 15 is 0 Å². The normalized spacial score (nSPS) is 12.6. The summed E-state index contributed by atoms with van der Waals surface area (Å²) in [6.45, 7) is 0.779. The highest BCUT2D eigenvalue weighted by Crippen LogP contribution is 2.30. The molecule has 0 fully saturated rings. The van der Waals surface area contributed by atoms with Gasteiger partial charge in [0.25, 0.3) is 5.91 Å². The van der Waals surface area contributed by atoms with Crippen molar-refractivity contribution in [2.24, 2.45) is 5.73 Å². The maximum Gasteiger partial charge on any atom is 0.387 e. The van der Waals surface area contributed by atoms with Crippen LogP contribution in [0.15, 0.2) is 6.07 Å². The van der Waals surface area contributed by atoms with E-state index in [0.29, 0.717) is 0 Å². The Morgan fingerprint density at radius 2 is 2.29 bits per heavy atom. The molecule has 0 saturated heterocycles. The van der Waals surface area contributed by atoms with Crippen molar-refractivity contribution in [1.29, 1.82) is 0 Å². The summed E-state index contributed by atoms with van der Waals surface area (Å²) >= 11 is 1.11. The Labute approximate surface area is 102 Å². The van der Waals surface area contributed by atoms with Crippen molar-refractivity contribution in [3.63, 3.8) is 0 Å². The smallest absolute Gasteiger partial charge is 0.387 e. The van der Waals surface area contributed by atoms with Crippen LogP contribution in [0.4, 0.5) is 8.78 Å². The zero-order valence-corrected chi connectivity index (χ0v) is 10.3. The molecule has 0 spiro atoms. The summed E-state index contributed by atoms with van der Waals surface area (Å²) < 4.78 is 28.6. The second-order valence-electron chi connectivity index (χ2n) is 3.54. The van der Waals surface area contributed by atoms with E-state index in [1.807, 2.05) is 0 Å². The third-order valence-electron chi connectivity index (χ3n) is 1.97. The number of carbonyl (C=O) groups excluding carboxylic acids is 1. The Morgan fingerprint density at radius 3 is 2.82 bits per heavy atom. The minimum atomic E-state index is -2.94. The number of thiophene rings is 1. The topological polar surface area (TPSA) is 64.3 Å². The molecular weight excluding hydrogens is 250 g/mol. The van der Waals surface area contributed by atoms with Crippen molar-refractivity contribution in [3.8, 4) is 5.75 Å². The van der Waals surface area contributed by atoms with E-state index in [0.717, 1.165) is 16.2 Å². The van der Waals surface area contributed by atoms with Crippen LogP contribution in [0.25, 0.3) is 0 Å². The van der Waals surface area contributed by atoms with Crippen molar-refractivity contribution in [2.45, 2.75) is 26.5 Å². The number of nitrogens with two attached hydrogens (primary N) is 1. The molecular formula is C10H14F2N2O2S. The summed E-state index contributed by atoms with van der Waals surface area (Å²) in [6.07, 6.45) is 0. The molecule has 1 aromatic rings. The fraction of sp³-hybridized carbons (Fsp3) is 0.500. The molecule has 1 aromatic heterocycles. The maximum atomic E-state index is 12.1. The van der Waals surface area contributed by atoms with Gasteiger partial charge in [-0.1, -0.05) is 0 Å². The molecule has 4 nitrogen and oxygen atoms in total. The van der Waals surface area contributed by atoms with Gasteiger partial charge in [0.2, 0.25) is 0 Å². The van der Waals surface area contributed by atoms with Gasteiger partial charge in [0, 0.05) is 17.5 Å². The van der Waals surface area contributed by atoms with Crippen molar-refractivity contribution in [1.82, 2.24) is 5.32 Å². The van der Waals surface area contributed by atoms with Crippen LogP contribution in [0.1, 0.15) is 21.5 Å². The number of amides is 1. The molecule has 0 unspecified atom stereocenters. The van der Waals surface area contributed by atoms with Crippen molar-refractivity contribution in [2.75, 3.05) is 6.54 Å². The Morgan fingerprint density at radius 1 is 1.65 bits per heavy atom. The summed E-state index contributed by atoms with van der Waals surface area (Å²) in [5, 5.41) is 2.59. The molecule has 0 aliphatic rings. The zero-order chi connectivity index (χ0) is 13.0. The standard InChI is InChI=1S/C10H14F2N2O2S/c1-5(4-13)14-9(15)8-7(16-10(11)12)3-6(2)17-8/h3,5,10H,4,13H2,1-2H3,(H,14,15)/t5-/m0/s1. The van der Waals surface area contributed by atoms with Crippen LogP contribution in [0, 0.1) is 6.92 Å². The number of alkyl halides is 2. The van der Waals surface area contributed by atoms with E-state index in [1.54, 1.807) is 13.8 Å². The van der Waals surface area contributed by atoms with E-state index < -0.39 is 12.5 Å². The number of carbonyl (C=O) groups is 1. The summed E-state index contributed by atoms with van der Waals surface area (Å²) in [4.78, 5) is 12.6. The highest BCUT2D eigenvalue weighted by Gasteiger charge is 2.20. The number of hydrogen-bond acceptors (Lipinski definition) is 4. The van der Waals surface area contributed by atoms with Gasteiger partial charge in [0.1, 0.15) is 10.6 Å². The van der Waals surface area contributed by atoms with Gasteiger partial charge in [-0.2, -0.15) is 8.78 Å². The van der Waals surface area contributed by atoms with Crippen LogP contribution in [-0.2, 0) is 0 Å². The molecule has 0 radical (unpaired) electrons. The third-order valence-corrected chi connectivity index (χ3v) is 3.01. The van der Waals surface area contributed by atoms with Gasteiger partial charge in [-0.25, -0.2) is 0 Å². The fourth-order valence-electron chi connectivity index (χ4n) is 1.18. The molecule has 1 atom stereocenters. The third kappa shape index (κ3) is 3.94. The molecule has 1 rings (SSSR count). The number of rotatable bonds is 5. The molecule has 1 heterocycles. The van der Waals surface area contributed by atoms with Crippen LogP contribution in [0.3, 0.4) is 0 Å². The zero-order valence-electron chi connectivity index (χ0n) is 9.50. The maximum absolute atomic E-state index is 12.1. The van der Waals surface area contributed by atoms with Gasteiger partial charge in [0.15, 0.2) is 0 Å². The first-order valence-electron chi connectivity index (χ1n) is 5.00. The highest BCUT2D eigenvalue weighted by molar-refractivity contribution is 7.14. The van der Waals surface area contributed by atoms with Gasteiger partial charge in [-0.3, -0.25) is 4.79 Å². The second kappa shape index (κ2) is 5.92.